The Morgan fingerprint density at radius 1 is 1.79 bits per heavy atom. The van der Waals surface area contributed by atoms with Crippen molar-refractivity contribution < 1.29 is 9.90 Å². The van der Waals surface area contributed by atoms with E-state index >= 15 is 0 Å². The molecule has 0 aliphatic heterocycles. The third-order valence-electron chi connectivity index (χ3n) is 2.29. The predicted molar refractivity (Wildman–Crippen MR) is 51.9 cm³/mol. The summed E-state index contributed by atoms with van der Waals surface area (Å²) in [5, 5.41) is 12.8. The molecule has 0 aromatic carbocycles. The zero-order chi connectivity index (χ0) is 10.7. The molecule has 0 spiro atoms. The van der Waals surface area contributed by atoms with E-state index in [1.54, 1.807) is 17.8 Å². The summed E-state index contributed by atoms with van der Waals surface area (Å²) in [5.41, 5.74) is 6.56. The quantitative estimate of drug-likeness (QED) is 0.732. The van der Waals surface area contributed by atoms with Gasteiger partial charge in [0.15, 0.2) is 0 Å². The van der Waals surface area contributed by atoms with Crippen molar-refractivity contribution in [2.24, 2.45) is 5.73 Å². The number of nitrogens with zero attached hydrogens (tertiary/aromatic N) is 2. The van der Waals surface area contributed by atoms with Gasteiger partial charge in [0.1, 0.15) is 6.04 Å². The second kappa shape index (κ2) is 4.23. The Labute approximate surface area is 82.5 Å². The molecule has 0 fully saturated rings. The number of aliphatic carboxylic acids is 1. The monoisotopic (exact) mass is 197 g/mol. The number of carboxylic acid groups (broad SMARTS) is 1. The zero-order valence-corrected chi connectivity index (χ0v) is 8.34. The molecule has 1 heterocycles. The first-order valence-corrected chi connectivity index (χ1v) is 4.57. The molecule has 3 N–H and O–H groups in total. The van der Waals surface area contributed by atoms with Gasteiger partial charge in [-0.05, 0) is 18.9 Å². The number of rotatable bonds is 4. The molecule has 78 valence electrons. The van der Waals surface area contributed by atoms with Crippen molar-refractivity contribution in [3.63, 3.8) is 0 Å². The minimum atomic E-state index is -1.01. The summed E-state index contributed by atoms with van der Waals surface area (Å²) in [6, 6.07) is -1.24. The molecule has 0 aliphatic carbocycles. The van der Waals surface area contributed by atoms with Gasteiger partial charge in [0.2, 0.25) is 0 Å². The van der Waals surface area contributed by atoms with Crippen LogP contribution in [0.4, 0.5) is 0 Å². The number of hydrogen-bond acceptors (Lipinski definition) is 3. The first-order valence-electron chi connectivity index (χ1n) is 4.57. The van der Waals surface area contributed by atoms with Crippen LogP contribution in [0.5, 0.6) is 0 Å². The SMILES string of the molecule is CCc1cnn(C(C)C(N)C(=O)O)c1. The number of carbonyl (C=O) groups is 1. The fourth-order valence-electron chi connectivity index (χ4n) is 1.15. The minimum absolute atomic E-state index is 0.326. The normalized spacial score (nSPS) is 15.1. The Hall–Kier alpha value is -1.36. The molecule has 5 heteroatoms. The van der Waals surface area contributed by atoms with Gasteiger partial charge in [-0.15, -0.1) is 0 Å². The van der Waals surface area contributed by atoms with Crippen molar-refractivity contribution in [1.82, 2.24) is 9.78 Å². The maximum Gasteiger partial charge on any atom is 0.322 e. The Morgan fingerprint density at radius 3 is 2.86 bits per heavy atom. The molecule has 2 atom stereocenters. The van der Waals surface area contributed by atoms with Crippen LogP contribution in [0, 0.1) is 0 Å². The van der Waals surface area contributed by atoms with Crippen molar-refractivity contribution >= 4 is 5.97 Å². The fourth-order valence-corrected chi connectivity index (χ4v) is 1.15. The van der Waals surface area contributed by atoms with Crippen LogP contribution in [0.25, 0.3) is 0 Å². The average molecular weight is 197 g/mol. The van der Waals surface area contributed by atoms with Crippen LogP contribution in [0.2, 0.25) is 0 Å². The van der Waals surface area contributed by atoms with Crippen molar-refractivity contribution in [2.45, 2.75) is 32.4 Å². The van der Waals surface area contributed by atoms with E-state index in [1.165, 1.54) is 0 Å². The first kappa shape index (κ1) is 10.7. The standard InChI is InChI=1S/C9H15N3O2/c1-3-7-4-11-12(5-7)6(2)8(10)9(13)14/h4-6,8H,3,10H2,1-2H3,(H,13,14). The highest BCUT2D eigenvalue weighted by atomic mass is 16.4. The Bertz CT molecular complexity index is 322. The average Bonchev–Trinajstić information content (AvgIpc) is 2.63. The summed E-state index contributed by atoms with van der Waals surface area (Å²) in [6.45, 7) is 3.76. The first-order chi connectivity index (χ1) is 6.56. The number of aromatic nitrogens is 2. The highest BCUT2D eigenvalue weighted by Gasteiger charge is 2.21. The number of hydrogen-bond donors (Lipinski definition) is 2. The van der Waals surface area contributed by atoms with Crippen LogP contribution in [-0.4, -0.2) is 26.9 Å². The Balaban J connectivity index is 2.78. The smallest absolute Gasteiger partial charge is 0.322 e. The molecule has 0 radical (unpaired) electrons. The second-order valence-electron chi connectivity index (χ2n) is 3.29. The summed E-state index contributed by atoms with van der Waals surface area (Å²) in [7, 11) is 0. The molecule has 14 heavy (non-hydrogen) atoms. The van der Waals surface area contributed by atoms with Gasteiger partial charge >= 0.3 is 5.97 Å². The molecule has 1 aromatic heterocycles. The van der Waals surface area contributed by atoms with E-state index in [0.717, 1.165) is 12.0 Å². The van der Waals surface area contributed by atoms with Crippen molar-refractivity contribution in [2.75, 3.05) is 0 Å². The molecule has 0 amide bonds. The molecule has 2 unspecified atom stereocenters. The maximum absolute atomic E-state index is 10.6. The number of nitrogens with two attached hydrogens (primary N) is 1. The van der Waals surface area contributed by atoms with Gasteiger partial charge in [-0.1, -0.05) is 6.92 Å². The van der Waals surface area contributed by atoms with E-state index < -0.39 is 12.0 Å². The van der Waals surface area contributed by atoms with Gasteiger partial charge < -0.3 is 10.8 Å². The van der Waals surface area contributed by atoms with Crippen LogP contribution >= 0.6 is 0 Å². The Morgan fingerprint density at radius 2 is 2.43 bits per heavy atom. The highest BCUT2D eigenvalue weighted by molar-refractivity contribution is 5.73. The van der Waals surface area contributed by atoms with Gasteiger partial charge in [-0.2, -0.15) is 5.10 Å². The van der Waals surface area contributed by atoms with E-state index in [-0.39, 0.29) is 6.04 Å². The predicted octanol–water partition coefficient (Wildman–Crippen LogP) is 0.418. The molecule has 1 rings (SSSR count). The Kier molecular flexibility index (Phi) is 3.24. The fraction of sp³-hybridized carbons (Fsp3) is 0.556. The largest absolute Gasteiger partial charge is 0.480 e. The van der Waals surface area contributed by atoms with E-state index in [4.69, 9.17) is 10.8 Å². The van der Waals surface area contributed by atoms with Crippen LogP contribution in [0.3, 0.4) is 0 Å². The molecular weight excluding hydrogens is 182 g/mol. The zero-order valence-electron chi connectivity index (χ0n) is 8.34. The molecule has 0 saturated heterocycles. The van der Waals surface area contributed by atoms with Gasteiger partial charge in [-0.25, -0.2) is 0 Å². The second-order valence-corrected chi connectivity index (χ2v) is 3.29. The molecular formula is C9H15N3O2. The summed E-state index contributed by atoms with van der Waals surface area (Å²) >= 11 is 0. The summed E-state index contributed by atoms with van der Waals surface area (Å²) in [6.07, 6.45) is 4.44. The van der Waals surface area contributed by atoms with E-state index in [0.29, 0.717) is 0 Å². The third-order valence-corrected chi connectivity index (χ3v) is 2.29. The number of aryl methyl sites for hydroxylation is 1. The van der Waals surface area contributed by atoms with Crippen LogP contribution in [0.1, 0.15) is 25.5 Å². The molecule has 0 bridgehead atoms. The van der Waals surface area contributed by atoms with Gasteiger partial charge in [-0.3, -0.25) is 9.48 Å². The molecule has 1 aromatic rings. The van der Waals surface area contributed by atoms with E-state index in [2.05, 4.69) is 5.10 Å². The number of carboxylic acids is 1. The molecule has 0 saturated carbocycles. The van der Waals surface area contributed by atoms with E-state index in [9.17, 15) is 4.79 Å². The van der Waals surface area contributed by atoms with E-state index in [1.807, 2.05) is 13.1 Å². The topological polar surface area (TPSA) is 81.1 Å². The van der Waals surface area contributed by atoms with Crippen molar-refractivity contribution in [3.8, 4) is 0 Å². The maximum atomic E-state index is 10.6. The molecule has 5 nitrogen and oxygen atoms in total. The molecule has 0 aliphatic rings. The summed E-state index contributed by atoms with van der Waals surface area (Å²) in [4.78, 5) is 10.6. The van der Waals surface area contributed by atoms with Crippen LogP contribution < -0.4 is 5.73 Å². The minimum Gasteiger partial charge on any atom is -0.480 e. The van der Waals surface area contributed by atoms with Crippen LogP contribution in [0.15, 0.2) is 12.4 Å². The van der Waals surface area contributed by atoms with Crippen molar-refractivity contribution in [1.29, 1.82) is 0 Å². The summed E-state index contributed by atoms with van der Waals surface area (Å²) < 4.78 is 1.59. The lowest BCUT2D eigenvalue weighted by Crippen LogP contribution is -2.38. The highest BCUT2D eigenvalue weighted by Crippen LogP contribution is 2.10. The van der Waals surface area contributed by atoms with Gasteiger partial charge in [0.05, 0.1) is 12.2 Å². The lowest BCUT2D eigenvalue weighted by molar-refractivity contribution is -0.139. The van der Waals surface area contributed by atoms with Gasteiger partial charge in [0.25, 0.3) is 0 Å². The van der Waals surface area contributed by atoms with Gasteiger partial charge in [0, 0.05) is 6.20 Å². The summed E-state index contributed by atoms with van der Waals surface area (Å²) in [5.74, 6) is -1.01. The van der Waals surface area contributed by atoms with Crippen LogP contribution in [-0.2, 0) is 11.2 Å². The lowest BCUT2D eigenvalue weighted by Gasteiger charge is -2.15. The third kappa shape index (κ3) is 2.11. The lowest BCUT2D eigenvalue weighted by atomic mass is 10.1. The van der Waals surface area contributed by atoms with Crippen molar-refractivity contribution in [3.05, 3.63) is 18.0 Å².